The van der Waals surface area contributed by atoms with E-state index in [1.54, 1.807) is 11.7 Å². The molecule has 0 saturated heterocycles. The third kappa shape index (κ3) is 1.43. The number of hydrogen-bond acceptors (Lipinski definition) is 3. The smallest absolute Gasteiger partial charge is 0.356 e. The molecule has 2 rings (SSSR count). The van der Waals surface area contributed by atoms with Crippen molar-refractivity contribution in [1.29, 1.82) is 0 Å². The van der Waals surface area contributed by atoms with Gasteiger partial charge in [0.2, 0.25) is 0 Å². The molecule has 3 N–H and O–H groups in total. The Morgan fingerprint density at radius 3 is 2.81 bits per heavy atom. The maximum atomic E-state index is 11.2. The summed E-state index contributed by atoms with van der Waals surface area (Å²) in [5.41, 5.74) is 7.69. The quantitative estimate of drug-likeness (QED) is 0.749. The zero-order valence-electron chi connectivity index (χ0n) is 9.82. The Labute approximate surface area is 94.2 Å². The normalized spacial score (nSPS) is 22.9. The van der Waals surface area contributed by atoms with Crippen LogP contribution in [0.1, 0.15) is 54.5 Å². The summed E-state index contributed by atoms with van der Waals surface area (Å²) in [6.07, 6.45) is 1.77. The van der Waals surface area contributed by atoms with E-state index in [4.69, 9.17) is 10.8 Å². The van der Waals surface area contributed by atoms with Crippen molar-refractivity contribution in [1.82, 2.24) is 9.78 Å². The lowest BCUT2D eigenvalue weighted by Gasteiger charge is -2.33. The molecule has 1 heterocycles. The third-order valence-electron chi connectivity index (χ3n) is 3.40. The van der Waals surface area contributed by atoms with Crippen LogP contribution < -0.4 is 5.73 Å². The number of carboxylic acid groups (broad SMARTS) is 1. The molecular formula is C11H17N3O2. The Kier molecular flexibility index (Phi) is 2.31. The van der Waals surface area contributed by atoms with Crippen LogP contribution in [0.25, 0.3) is 0 Å². The Hall–Kier alpha value is -1.36. The molecule has 0 saturated carbocycles. The first-order valence-electron chi connectivity index (χ1n) is 5.41. The van der Waals surface area contributed by atoms with Crippen LogP contribution in [-0.4, -0.2) is 20.9 Å². The van der Waals surface area contributed by atoms with E-state index in [1.807, 2.05) is 13.8 Å². The van der Waals surface area contributed by atoms with Crippen molar-refractivity contribution in [2.75, 3.05) is 0 Å². The average molecular weight is 223 g/mol. The highest BCUT2D eigenvalue weighted by Crippen LogP contribution is 2.42. The summed E-state index contributed by atoms with van der Waals surface area (Å²) in [4.78, 5) is 11.2. The summed E-state index contributed by atoms with van der Waals surface area (Å²) >= 11 is 0. The molecule has 1 atom stereocenters. The predicted octanol–water partition coefficient (Wildman–Crippen LogP) is 1.19. The minimum absolute atomic E-state index is 0.103. The highest BCUT2D eigenvalue weighted by molar-refractivity contribution is 5.88. The van der Waals surface area contributed by atoms with E-state index in [2.05, 4.69) is 5.10 Å². The van der Waals surface area contributed by atoms with Gasteiger partial charge in [-0.15, -0.1) is 0 Å². The number of aromatic nitrogens is 2. The zero-order valence-corrected chi connectivity index (χ0v) is 9.82. The van der Waals surface area contributed by atoms with Crippen LogP contribution in [0.2, 0.25) is 0 Å². The number of carboxylic acids is 1. The molecule has 0 spiro atoms. The minimum atomic E-state index is -0.973. The molecule has 1 aromatic heterocycles. The lowest BCUT2D eigenvalue weighted by molar-refractivity contribution is 0.0686. The number of aryl methyl sites for hydroxylation is 1. The molecule has 0 fully saturated rings. The predicted molar refractivity (Wildman–Crippen MR) is 59.4 cm³/mol. The monoisotopic (exact) mass is 223 g/mol. The van der Waals surface area contributed by atoms with E-state index in [0.717, 1.165) is 24.1 Å². The van der Waals surface area contributed by atoms with Gasteiger partial charge in [-0.3, -0.25) is 4.68 Å². The maximum Gasteiger partial charge on any atom is 0.356 e. The molecule has 0 bridgehead atoms. The molecule has 1 unspecified atom stereocenters. The first-order valence-corrected chi connectivity index (χ1v) is 5.41. The fourth-order valence-electron chi connectivity index (χ4n) is 2.56. The van der Waals surface area contributed by atoms with E-state index in [-0.39, 0.29) is 17.2 Å². The first kappa shape index (κ1) is 11.1. The number of fused-ring (bicyclic) bond motifs is 1. The third-order valence-corrected chi connectivity index (χ3v) is 3.40. The Bertz CT molecular complexity index is 448. The first-order chi connectivity index (χ1) is 7.34. The standard InChI is InChI=1S/C11H17N3O2/c1-11(2)5-4-6(12)9-7(11)8(10(15)16)13-14(9)3/h6H,4-5,12H2,1-3H3,(H,15,16). The number of nitrogens with zero attached hydrogens (tertiary/aromatic N) is 2. The number of hydrogen-bond donors (Lipinski definition) is 2. The topological polar surface area (TPSA) is 81.1 Å². The molecular weight excluding hydrogens is 206 g/mol. The van der Waals surface area contributed by atoms with E-state index in [1.165, 1.54) is 0 Å². The van der Waals surface area contributed by atoms with Crippen molar-refractivity contribution in [3.63, 3.8) is 0 Å². The summed E-state index contributed by atoms with van der Waals surface area (Å²) in [6, 6.07) is -0.103. The van der Waals surface area contributed by atoms with Crippen LogP contribution in [0.4, 0.5) is 0 Å². The van der Waals surface area contributed by atoms with Gasteiger partial charge in [0.1, 0.15) is 0 Å². The van der Waals surface area contributed by atoms with Gasteiger partial charge in [-0.2, -0.15) is 5.10 Å². The second-order valence-electron chi connectivity index (χ2n) is 5.07. The van der Waals surface area contributed by atoms with Crippen LogP contribution in [0.5, 0.6) is 0 Å². The van der Waals surface area contributed by atoms with Crippen molar-refractivity contribution in [2.24, 2.45) is 12.8 Å². The lowest BCUT2D eigenvalue weighted by atomic mass is 9.72. The van der Waals surface area contributed by atoms with Gasteiger partial charge in [0.15, 0.2) is 5.69 Å². The fraction of sp³-hybridized carbons (Fsp3) is 0.636. The van der Waals surface area contributed by atoms with Gasteiger partial charge in [0.25, 0.3) is 0 Å². The summed E-state index contributed by atoms with van der Waals surface area (Å²) in [5, 5.41) is 13.2. The van der Waals surface area contributed by atoms with Crippen molar-refractivity contribution < 1.29 is 9.90 Å². The van der Waals surface area contributed by atoms with Crippen molar-refractivity contribution in [2.45, 2.75) is 38.1 Å². The van der Waals surface area contributed by atoms with Crippen LogP contribution in [0.15, 0.2) is 0 Å². The molecule has 0 aromatic carbocycles. The van der Waals surface area contributed by atoms with Gasteiger partial charge in [-0.1, -0.05) is 13.8 Å². The van der Waals surface area contributed by atoms with Gasteiger partial charge in [0.05, 0.1) is 5.69 Å². The molecule has 0 aliphatic heterocycles. The SMILES string of the molecule is Cn1nc(C(=O)O)c2c1C(N)CCC2(C)C. The number of nitrogens with two attached hydrogens (primary N) is 1. The van der Waals surface area contributed by atoms with Gasteiger partial charge in [0, 0.05) is 18.7 Å². The summed E-state index contributed by atoms with van der Waals surface area (Å²) in [5.74, 6) is -0.973. The number of rotatable bonds is 1. The summed E-state index contributed by atoms with van der Waals surface area (Å²) < 4.78 is 1.62. The molecule has 1 aliphatic carbocycles. The second-order valence-corrected chi connectivity index (χ2v) is 5.07. The van der Waals surface area contributed by atoms with Crippen molar-refractivity contribution in [3.8, 4) is 0 Å². The van der Waals surface area contributed by atoms with Crippen molar-refractivity contribution >= 4 is 5.97 Å². The minimum Gasteiger partial charge on any atom is -0.476 e. The van der Waals surface area contributed by atoms with Gasteiger partial charge >= 0.3 is 5.97 Å². The number of aromatic carboxylic acids is 1. The number of carbonyl (C=O) groups is 1. The van der Waals surface area contributed by atoms with Gasteiger partial charge in [-0.25, -0.2) is 4.79 Å². The zero-order chi connectivity index (χ0) is 12.1. The van der Waals surface area contributed by atoms with Crippen LogP contribution >= 0.6 is 0 Å². The Balaban J connectivity index is 2.71. The molecule has 1 aromatic rings. The molecule has 88 valence electrons. The summed E-state index contributed by atoms with van der Waals surface area (Å²) in [7, 11) is 1.76. The van der Waals surface area contributed by atoms with Crippen molar-refractivity contribution in [3.05, 3.63) is 17.0 Å². The van der Waals surface area contributed by atoms with Crippen LogP contribution in [-0.2, 0) is 12.5 Å². The summed E-state index contributed by atoms with van der Waals surface area (Å²) in [6.45, 7) is 4.09. The van der Waals surface area contributed by atoms with E-state index < -0.39 is 5.97 Å². The Morgan fingerprint density at radius 2 is 2.25 bits per heavy atom. The van der Waals surface area contributed by atoms with E-state index in [0.29, 0.717) is 0 Å². The molecule has 5 heteroatoms. The fourth-order valence-corrected chi connectivity index (χ4v) is 2.56. The molecule has 5 nitrogen and oxygen atoms in total. The van der Waals surface area contributed by atoms with Crippen LogP contribution in [0.3, 0.4) is 0 Å². The molecule has 16 heavy (non-hydrogen) atoms. The van der Waals surface area contributed by atoms with Gasteiger partial charge in [-0.05, 0) is 18.3 Å². The maximum absolute atomic E-state index is 11.2. The van der Waals surface area contributed by atoms with E-state index >= 15 is 0 Å². The average Bonchev–Trinajstić information content (AvgIpc) is 2.52. The second kappa shape index (κ2) is 3.31. The highest BCUT2D eigenvalue weighted by atomic mass is 16.4. The molecule has 0 radical (unpaired) electrons. The lowest BCUT2D eigenvalue weighted by Crippen LogP contribution is -2.31. The molecule has 1 aliphatic rings. The largest absolute Gasteiger partial charge is 0.476 e. The van der Waals surface area contributed by atoms with Crippen LogP contribution in [0, 0.1) is 0 Å². The Morgan fingerprint density at radius 1 is 1.62 bits per heavy atom. The van der Waals surface area contributed by atoms with E-state index in [9.17, 15) is 4.79 Å². The highest BCUT2D eigenvalue weighted by Gasteiger charge is 2.38. The molecule has 0 amide bonds. The van der Waals surface area contributed by atoms with Gasteiger partial charge < -0.3 is 10.8 Å².